The van der Waals surface area contributed by atoms with Gasteiger partial charge in [0.2, 0.25) is 0 Å². The fraction of sp³-hybridized carbons (Fsp3) is 0.263. The number of amidine groups is 1. The van der Waals surface area contributed by atoms with Crippen molar-refractivity contribution in [2.24, 2.45) is 21.9 Å². The number of nitrogens with zero attached hydrogens (tertiary/aromatic N) is 2. The van der Waals surface area contributed by atoms with E-state index in [0.29, 0.717) is 11.1 Å². The Kier molecular flexibility index (Phi) is 7.53. The van der Waals surface area contributed by atoms with Crippen molar-refractivity contribution in [1.29, 1.82) is 0 Å². The molecule has 2 aromatic carbocycles. The molecule has 0 heterocycles. The van der Waals surface area contributed by atoms with Crippen LogP contribution in [0.2, 0.25) is 0 Å². The summed E-state index contributed by atoms with van der Waals surface area (Å²) in [6.07, 6.45) is 2.82. The molecule has 0 radical (unpaired) electrons. The van der Waals surface area contributed by atoms with E-state index in [1.165, 1.54) is 22.9 Å². The van der Waals surface area contributed by atoms with Gasteiger partial charge in [-0.15, -0.1) is 5.10 Å². The summed E-state index contributed by atoms with van der Waals surface area (Å²) in [4.78, 5) is 0. The molecule has 0 aromatic heterocycles. The van der Waals surface area contributed by atoms with E-state index in [2.05, 4.69) is 76.4 Å². The van der Waals surface area contributed by atoms with Gasteiger partial charge in [0.25, 0.3) is 0 Å². The second-order valence-electron chi connectivity index (χ2n) is 5.94. The lowest BCUT2D eigenvalue weighted by Crippen LogP contribution is -2.06. The minimum absolute atomic E-state index is 0.464. The van der Waals surface area contributed by atoms with Gasteiger partial charge in [0, 0.05) is 10.2 Å². The first-order chi connectivity index (χ1) is 11.5. The van der Waals surface area contributed by atoms with E-state index in [9.17, 15) is 0 Å². The summed E-state index contributed by atoms with van der Waals surface area (Å²) >= 11 is 4.90. The Labute approximate surface area is 156 Å². The van der Waals surface area contributed by atoms with Crippen LogP contribution < -0.4 is 5.73 Å². The molecule has 0 atom stereocenters. The summed E-state index contributed by atoms with van der Waals surface area (Å²) in [5.74, 6) is 1.44. The van der Waals surface area contributed by atoms with Gasteiger partial charge in [0.05, 0.1) is 6.21 Å². The third-order valence-corrected chi connectivity index (χ3v) is 4.67. The second-order valence-corrected chi connectivity index (χ2v) is 7.85. The van der Waals surface area contributed by atoms with Gasteiger partial charge < -0.3 is 5.73 Å². The van der Waals surface area contributed by atoms with Gasteiger partial charge in [-0.1, -0.05) is 77.9 Å². The van der Waals surface area contributed by atoms with Crippen molar-refractivity contribution in [2.45, 2.75) is 26.0 Å². The van der Waals surface area contributed by atoms with Crippen LogP contribution in [-0.2, 0) is 12.2 Å². The van der Waals surface area contributed by atoms with Gasteiger partial charge in [0.15, 0.2) is 5.17 Å². The fourth-order valence-corrected chi connectivity index (χ4v) is 3.01. The molecule has 5 heteroatoms. The Hall–Kier alpha value is -1.59. The SMILES string of the molecule is CC(C)Cc1ccc(/C=N\N=C(N)SCc2ccc(Br)cc2)cc1. The first kappa shape index (κ1) is 18.7. The van der Waals surface area contributed by atoms with Gasteiger partial charge >= 0.3 is 0 Å². The molecular formula is C19H22BrN3S. The zero-order valence-corrected chi connectivity index (χ0v) is 16.3. The first-order valence-electron chi connectivity index (χ1n) is 7.85. The second kappa shape index (κ2) is 9.64. The van der Waals surface area contributed by atoms with Crippen LogP contribution in [0.5, 0.6) is 0 Å². The van der Waals surface area contributed by atoms with Gasteiger partial charge in [-0.2, -0.15) is 5.10 Å². The summed E-state index contributed by atoms with van der Waals surface area (Å²) in [6.45, 7) is 4.44. The summed E-state index contributed by atoms with van der Waals surface area (Å²) < 4.78 is 1.07. The molecule has 0 fully saturated rings. The van der Waals surface area contributed by atoms with Gasteiger partial charge in [-0.05, 0) is 41.2 Å². The van der Waals surface area contributed by atoms with E-state index in [4.69, 9.17) is 5.73 Å². The van der Waals surface area contributed by atoms with Gasteiger partial charge in [0.1, 0.15) is 0 Å². The van der Waals surface area contributed by atoms with Crippen molar-refractivity contribution >= 4 is 39.1 Å². The van der Waals surface area contributed by atoms with Crippen LogP contribution in [0.4, 0.5) is 0 Å². The summed E-state index contributed by atoms with van der Waals surface area (Å²) in [7, 11) is 0. The number of hydrogen-bond donors (Lipinski definition) is 1. The lowest BCUT2D eigenvalue weighted by atomic mass is 10.0. The Morgan fingerprint density at radius 2 is 1.71 bits per heavy atom. The minimum atomic E-state index is 0.464. The summed E-state index contributed by atoms with van der Waals surface area (Å²) in [5.41, 5.74) is 9.45. The van der Waals surface area contributed by atoms with Crippen LogP contribution >= 0.6 is 27.7 Å². The molecule has 2 N–H and O–H groups in total. The third-order valence-electron chi connectivity index (χ3n) is 3.29. The molecule has 3 nitrogen and oxygen atoms in total. The normalized spacial score (nSPS) is 12.2. The van der Waals surface area contributed by atoms with Gasteiger partial charge in [-0.3, -0.25) is 0 Å². The van der Waals surface area contributed by atoms with E-state index in [0.717, 1.165) is 22.2 Å². The predicted octanol–water partition coefficient (Wildman–Crippen LogP) is 5.23. The number of nitrogens with two attached hydrogens (primary N) is 1. The lowest BCUT2D eigenvalue weighted by molar-refractivity contribution is 0.647. The summed E-state index contributed by atoms with van der Waals surface area (Å²) in [5, 5.41) is 8.57. The number of benzene rings is 2. The van der Waals surface area contributed by atoms with Crippen molar-refractivity contribution < 1.29 is 0 Å². The molecule has 0 bridgehead atoms. The Balaban J connectivity index is 1.84. The molecule has 0 amide bonds. The highest BCUT2D eigenvalue weighted by molar-refractivity contribution is 9.10. The van der Waals surface area contributed by atoms with E-state index in [1.54, 1.807) is 6.21 Å². The highest BCUT2D eigenvalue weighted by atomic mass is 79.9. The van der Waals surface area contributed by atoms with Crippen LogP contribution in [0.1, 0.15) is 30.5 Å². The van der Waals surface area contributed by atoms with Crippen molar-refractivity contribution in [3.05, 3.63) is 69.7 Å². The van der Waals surface area contributed by atoms with Crippen LogP contribution in [0, 0.1) is 5.92 Å². The summed E-state index contributed by atoms with van der Waals surface area (Å²) in [6, 6.07) is 16.5. The quantitative estimate of drug-likeness (QED) is 0.407. The molecule has 2 rings (SSSR count). The molecule has 0 saturated carbocycles. The van der Waals surface area contributed by atoms with Crippen molar-refractivity contribution in [1.82, 2.24) is 0 Å². The van der Waals surface area contributed by atoms with Crippen molar-refractivity contribution in [3.63, 3.8) is 0 Å². The Morgan fingerprint density at radius 1 is 1.08 bits per heavy atom. The molecule has 0 saturated heterocycles. The van der Waals surface area contributed by atoms with E-state index < -0.39 is 0 Å². The van der Waals surface area contributed by atoms with Gasteiger partial charge in [-0.25, -0.2) is 0 Å². The molecule has 0 unspecified atom stereocenters. The maximum Gasteiger partial charge on any atom is 0.180 e. The molecule has 24 heavy (non-hydrogen) atoms. The monoisotopic (exact) mass is 403 g/mol. The molecule has 126 valence electrons. The van der Waals surface area contributed by atoms with Crippen LogP contribution in [0.3, 0.4) is 0 Å². The highest BCUT2D eigenvalue weighted by Crippen LogP contribution is 2.16. The topological polar surface area (TPSA) is 50.7 Å². The maximum atomic E-state index is 5.88. The lowest BCUT2D eigenvalue weighted by Gasteiger charge is -2.04. The average molecular weight is 404 g/mol. The predicted molar refractivity (Wildman–Crippen MR) is 110 cm³/mol. The number of hydrogen-bond acceptors (Lipinski definition) is 3. The third kappa shape index (κ3) is 6.89. The van der Waals surface area contributed by atoms with E-state index in [1.807, 2.05) is 12.1 Å². The molecule has 0 aliphatic carbocycles. The zero-order valence-electron chi connectivity index (χ0n) is 13.9. The largest absolute Gasteiger partial charge is 0.377 e. The standard InChI is InChI=1S/C19H22BrN3S/c1-14(2)11-15-3-5-16(6-4-15)12-22-23-19(21)24-13-17-7-9-18(20)10-8-17/h3-10,12,14H,11,13H2,1-2H3,(H2,21,23)/b22-12-. The van der Waals surface area contributed by atoms with E-state index >= 15 is 0 Å². The molecular weight excluding hydrogens is 382 g/mol. The Morgan fingerprint density at radius 3 is 2.33 bits per heavy atom. The van der Waals surface area contributed by atoms with Crippen LogP contribution in [-0.4, -0.2) is 11.4 Å². The van der Waals surface area contributed by atoms with E-state index in [-0.39, 0.29) is 0 Å². The smallest absolute Gasteiger partial charge is 0.180 e. The van der Waals surface area contributed by atoms with Crippen molar-refractivity contribution in [3.8, 4) is 0 Å². The van der Waals surface area contributed by atoms with Crippen LogP contribution in [0.25, 0.3) is 0 Å². The molecule has 2 aromatic rings. The number of rotatable bonds is 6. The average Bonchev–Trinajstić information content (AvgIpc) is 2.55. The minimum Gasteiger partial charge on any atom is -0.377 e. The number of thioether (sulfide) groups is 1. The molecule has 0 aliphatic rings. The Bertz CT molecular complexity index is 692. The maximum absolute atomic E-state index is 5.88. The van der Waals surface area contributed by atoms with Crippen molar-refractivity contribution in [2.75, 3.05) is 0 Å². The zero-order chi connectivity index (χ0) is 17.4. The number of halogens is 1. The molecule has 0 aliphatic heterocycles. The fourth-order valence-electron chi connectivity index (χ4n) is 2.13. The van der Waals surface area contributed by atoms with Crippen LogP contribution in [0.15, 0.2) is 63.2 Å². The highest BCUT2D eigenvalue weighted by Gasteiger charge is 1.98. The molecule has 0 spiro atoms. The first-order valence-corrected chi connectivity index (χ1v) is 9.63.